The SMILES string of the molecule is CCOc1cc(C)c(-c2ccc(NC)nn2)cc1C. The lowest BCUT2D eigenvalue weighted by Gasteiger charge is -2.12. The van der Waals surface area contributed by atoms with Crippen LogP contribution in [0.4, 0.5) is 5.82 Å². The topological polar surface area (TPSA) is 47.0 Å². The second kappa shape index (κ2) is 5.69. The molecule has 0 radical (unpaired) electrons. The highest BCUT2D eigenvalue weighted by Gasteiger charge is 2.09. The number of aryl methyl sites for hydroxylation is 2. The van der Waals surface area contributed by atoms with Crippen LogP contribution in [0.1, 0.15) is 18.1 Å². The van der Waals surface area contributed by atoms with Gasteiger partial charge in [0.1, 0.15) is 11.6 Å². The first-order chi connectivity index (χ1) is 9.15. The fraction of sp³-hybridized carbons (Fsp3) is 0.333. The Morgan fingerprint density at radius 2 is 1.89 bits per heavy atom. The molecule has 0 aliphatic heterocycles. The molecule has 0 saturated carbocycles. The van der Waals surface area contributed by atoms with E-state index < -0.39 is 0 Å². The van der Waals surface area contributed by atoms with Gasteiger partial charge in [-0.1, -0.05) is 0 Å². The zero-order valence-electron chi connectivity index (χ0n) is 11.8. The van der Waals surface area contributed by atoms with E-state index in [1.54, 1.807) is 0 Å². The normalized spacial score (nSPS) is 10.3. The van der Waals surface area contributed by atoms with Crippen LogP contribution in [0.25, 0.3) is 11.3 Å². The van der Waals surface area contributed by atoms with Crippen LogP contribution in [0.2, 0.25) is 0 Å². The van der Waals surface area contributed by atoms with Gasteiger partial charge in [0.05, 0.1) is 12.3 Å². The van der Waals surface area contributed by atoms with E-state index in [1.807, 2.05) is 33.0 Å². The standard InChI is InChI=1S/C15H19N3O/c1-5-19-14-9-10(2)12(8-11(14)3)13-6-7-15(16-4)18-17-13/h6-9H,5H2,1-4H3,(H,16,18). The predicted molar refractivity (Wildman–Crippen MR) is 77.7 cm³/mol. The number of hydrogen-bond acceptors (Lipinski definition) is 4. The van der Waals surface area contributed by atoms with Crippen LogP contribution in [0.3, 0.4) is 0 Å². The molecule has 1 aromatic heterocycles. The molecular formula is C15H19N3O. The van der Waals surface area contributed by atoms with Crippen molar-refractivity contribution in [2.45, 2.75) is 20.8 Å². The fourth-order valence-corrected chi connectivity index (χ4v) is 1.99. The molecule has 0 amide bonds. The summed E-state index contributed by atoms with van der Waals surface area (Å²) in [7, 11) is 1.83. The van der Waals surface area contributed by atoms with E-state index in [9.17, 15) is 0 Å². The Labute approximate surface area is 113 Å². The van der Waals surface area contributed by atoms with E-state index in [4.69, 9.17) is 4.74 Å². The molecule has 0 aliphatic carbocycles. The van der Waals surface area contributed by atoms with Crippen molar-refractivity contribution in [3.63, 3.8) is 0 Å². The predicted octanol–water partition coefficient (Wildman–Crippen LogP) is 3.20. The number of rotatable bonds is 4. The zero-order chi connectivity index (χ0) is 13.8. The van der Waals surface area contributed by atoms with E-state index in [1.165, 1.54) is 0 Å². The summed E-state index contributed by atoms with van der Waals surface area (Å²) in [5.41, 5.74) is 4.22. The van der Waals surface area contributed by atoms with Crippen molar-refractivity contribution in [3.05, 3.63) is 35.4 Å². The summed E-state index contributed by atoms with van der Waals surface area (Å²) < 4.78 is 5.60. The van der Waals surface area contributed by atoms with E-state index >= 15 is 0 Å². The maximum atomic E-state index is 5.60. The molecule has 4 heteroatoms. The van der Waals surface area contributed by atoms with Crippen LogP contribution in [0, 0.1) is 13.8 Å². The third kappa shape index (κ3) is 2.84. The average Bonchev–Trinajstić information content (AvgIpc) is 2.43. The average molecular weight is 257 g/mol. The minimum absolute atomic E-state index is 0.677. The monoisotopic (exact) mass is 257 g/mol. The van der Waals surface area contributed by atoms with Gasteiger partial charge in [-0.15, -0.1) is 10.2 Å². The number of hydrogen-bond donors (Lipinski definition) is 1. The Kier molecular flexibility index (Phi) is 4.00. The van der Waals surface area contributed by atoms with Gasteiger partial charge in [-0.2, -0.15) is 0 Å². The Morgan fingerprint density at radius 3 is 2.47 bits per heavy atom. The van der Waals surface area contributed by atoms with Gasteiger partial charge in [-0.05, 0) is 56.2 Å². The van der Waals surface area contributed by atoms with Crippen molar-refractivity contribution in [1.29, 1.82) is 0 Å². The maximum absolute atomic E-state index is 5.60. The smallest absolute Gasteiger partial charge is 0.148 e. The highest BCUT2D eigenvalue weighted by molar-refractivity contribution is 5.66. The van der Waals surface area contributed by atoms with Crippen LogP contribution in [-0.4, -0.2) is 23.9 Å². The summed E-state index contributed by atoms with van der Waals surface area (Å²) in [6.45, 7) is 6.77. The minimum atomic E-state index is 0.677. The highest BCUT2D eigenvalue weighted by atomic mass is 16.5. The third-order valence-electron chi connectivity index (χ3n) is 3.02. The lowest BCUT2D eigenvalue weighted by Crippen LogP contribution is -1.98. The van der Waals surface area contributed by atoms with Crippen molar-refractivity contribution < 1.29 is 4.74 Å². The summed E-state index contributed by atoms with van der Waals surface area (Å²) in [6.07, 6.45) is 0. The maximum Gasteiger partial charge on any atom is 0.148 e. The molecule has 0 bridgehead atoms. The summed E-state index contributed by atoms with van der Waals surface area (Å²) in [5.74, 6) is 1.70. The summed E-state index contributed by atoms with van der Waals surface area (Å²) in [5, 5.41) is 11.3. The molecule has 0 spiro atoms. The van der Waals surface area contributed by atoms with Gasteiger partial charge in [-0.3, -0.25) is 0 Å². The van der Waals surface area contributed by atoms with Gasteiger partial charge in [0.2, 0.25) is 0 Å². The molecule has 1 aromatic carbocycles. The Balaban J connectivity index is 2.41. The van der Waals surface area contributed by atoms with Gasteiger partial charge in [0.15, 0.2) is 0 Å². The van der Waals surface area contributed by atoms with E-state index in [0.717, 1.165) is 34.0 Å². The van der Waals surface area contributed by atoms with Crippen LogP contribution < -0.4 is 10.1 Å². The van der Waals surface area contributed by atoms with Gasteiger partial charge in [-0.25, -0.2) is 0 Å². The molecule has 2 rings (SSSR count). The Bertz CT molecular complexity index is 564. The number of ether oxygens (including phenoxy) is 1. The van der Waals surface area contributed by atoms with E-state index in [-0.39, 0.29) is 0 Å². The fourth-order valence-electron chi connectivity index (χ4n) is 1.99. The second-order valence-corrected chi connectivity index (χ2v) is 4.42. The van der Waals surface area contributed by atoms with Crippen molar-refractivity contribution in [2.75, 3.05) is 19.0 Å². The first kappa shape index (κ1) is 13.3. The van der Waals surface area contributed by atoms with E-state index in [0.29, 0.717) is 6.61 Å². The van der Waals surface area contributed by atoms with Crippen molar-refractivity contribution in [3.8, 4) is 17.0 Å². The first-order valence-electron chi connectivity index (χ1n) is 6.41. The molecule has 0 unspecified atom stereocenters. The molecular weight excluding hydrogens is 238 g/mol. The number of benzene rings is 1. The van der Waals surface area contributed by atoms with E-state index in [2.05, 4.69) is 34.6 Å². The lowest BCUT2D eigenvalue weighted by molar-refractivity contribution is 0.337. The number of anilines is 1. The van der Waals surface area contributed by atoms with Crippen LogP contribution in [0.15, 0.2) is 24.3 Å². The molecule has 100 valence electrons. The number of aromatic nitrogens is 2. The first-order valence-corrected chi connectivity index (χ1v) is 6.41. The van der Waals surface area contributed by atoms with Gasteiger partial charge in [0, 0.05) is 12.6 Å². The van der Waals surface area contributed by atoms with Crippen LogP contribution in [0.5, 0.6) is 5.75 Å². The van der Waals surface area contributed by atoms with Crippen molar-refractivity contribution in [2.24, 2.45) is 0 Å². The second-order valence-electron chi connectivity index (χ2n) is 4.42. The molecule has 0 atom stereocenters. The largest absolute Gasteiger partial charge is 0.494 e. The quantitative estimate of drug-likeness (QED) is 0.913. The molecule has 1 N–H and O–H groups in total. The molecule has 1 heterocycles. The minimum Gasteiger partial charge on any atom is -0.494 e. The molecule has 4 nitrogen and oxygen atoms in total. The van der Waals surface area contributed by atoms with Gasteiger partial charge >= 0.3 is 0 Å². The third-order valence-corrected chi connectivity index (χ3v) is 3.02. The molecule has 0 aliphatic rings. The molecule has 0 saturated heterocycles. The number of nitrogens with zero attached hydrogens (tertiary/aromatic N) is 2. The zero-order valence-corrected chi connectivity index (χ0v) is 11.8. The number of nitrogens with one attached hydrogen (secondary N) is 1. The highest BCUT2D eigenvalue weighted by Crippen LogP contribution is 2.29. The summed E-state index contributed by atoms with van der Waals surface area (Å²) in [4.78, 5) is 0. The Hall–Kier alpha value is -2.10. The molecule has 19 heavy (non-hydrogen) atoms. The van der Waals surface area contributed by atoms with Gasteiger partial charge in [0.25, 0.3) is 0 Å². The lowest BCUT2D eigenvalue weighted by atomic mass is 10.0. The van der Waals surface area contributed by atoms with Crippen LogP contribution >= 0.6 is 0 Å². The van der Waals surface area contributed by atoms with Crippen molar-refractivity contribution >= 4 is 5.82 Å². The molecule has 2 aromatic rings. The summed E-state index contributed by atoms with van der Waals surface area (Å²) in [6, 6.07) is 8.06. The molecule has 0 fully saturated rings. The van der Waals surface area contributed by atoms with Crippen molar-refractivity contribution in [1.82, 2.24) is 10.2 Å². The van der Waals surface area contributed by atoms with Gasteiger partial charge < -0.3 is 10.1 Å². The summed E-state index contributed by atoms with van der Waals surface area (Å²) >= 11 is 0. The van der Waals surface area contributed by atoms with Crippen LogP contribution in [-0.2, 0) is 0 Å². The Morgan fingerprint density at radius 1 is 1.11 bits per heavy atom.